The molecule has 0 bridgehead atoms. The van der Waals surface area contributed by atoms with Crippen LogP contribution in [0.1, 0.15) is 30.9 Å². The van der Waals surface area contributed by atoms with Crippen molar-refractivity contribution < 1.29 is 4.79 Å². The fourth-order valence-corrected chi connectivity index (χ4v) is 3.31. The van der Waals surface area contributed by atoms with Crippen molar-refractivity contribution in [3.63, 3.8) is 0 Å². The molecule has 18 heavy (non-hydrogen) atoms. The number of carbonyl (C=O) groups is 1. The van der Waals surface area contributed by atoms with Gasteiger partial charge in [0.05, 0.1) is 6.04 Å². The first-order valence-corrected chi connectivity index (χ1v) is 7.45. The molecule has 2 rings (SSSR count). The summed E-state index contributed by atoms with van der Waals surface area (Å²) >= 11 is 1.88. The standard InChI is InChI=1S/C14H20N2OS/c1-15-9-4-7-14(17)16-12-8-10-18-13-6-3-2-5-11(12)13/h2-3,5-6,12,15H,4,7-10H2,1H3,(H,16,17). The third kappa shape index (κ3) is 3.50. The molecule has 1 aromatic rings. The molecule has 0 radical (unpaired) electrons. The summed E-state index contributed by atoms with van der Waals surface area (Å²) in [5.41, 5.74) is 1.27. The summed E-state index contributed by atoms with van der Waals surface area (Å²) in [7, 11) is 1.91. The van der Waals surface area contributed by atoms with E-state index in [1.54, 1.807) is 0 Å². The number of carbonyl (C=O) groups excluding carboxylic acids is 1. The van der Waals surface area contributed by atoms with Crippen molar-refractivity contribution in [2.24, 2.45) is 0 Å². The van der Waals surface area contributed by atoms with E-state index in [1.165, 1.54) is 10.5 Å². The lowest BCUT2D eigenvalue weighted by atomic mass is 10.0. The topological polar surface area (TPSA) is 41.1 Å². The fraction of sp³-hybridized carbons (Fsp3) is 0.500. The molecule has 1 atom stereocenters. The summed E-state index contributed by atoms with van der Waals surface area (Å²) in [5.74, 6) is 1.25. The summed E-state index contributed by atoms with van der Waals surface area (Å²) in [4.78, 5) is 13.2. The van der Waals surface area contributed by atoms with Gasteiger partial charge in [0.15, 0.2) is 0 Å². The van der Waals surface area contributed by atoms with Gasteiger partial charge in [0, 0.05) is 17.1 Å². The smallest absolute Gasteiger partial charge is 0.220 e. The second-order valence-corrected chi connectivity index (χ2v) is 5.64. The second kappa shape index (κ2) is 6.81. The Labute approximate surface area is 113 Å². The molecule has 4 heteroatoms. The van der Waals surface area contributed by atoms with E-state index in [4.69, 9.17) is 0 Å². The van der Waals surface area contributed by atoms with E-state index in [0.717, 1.165) is 25.1 Å². The van der Waals surface area contributed by atoms with Gasteiger partial charge in [-0.1, -0.05) is 18.2 Å². The molecule has 1 aliphatic heterocycles. The van der Waals surface area contributed by atoms with Crippen LogP contribution in [0.25, 0.3) is 0 Å². The van der Waals surface area contributed by atoms with Crippen molar-refractivity contribution in [2.75, 3.05) is 19.3 Å². The van der Waals surface area contributed by atoms with Crippen LogP contribution in [-0.2, 0) is 4.79 Å². The van der Waals surface area contributed by atoms with E-state index >= 15 is 0 Å². The minimum absolute atomic E-state index is 0.164. The predicted octanol–water partition coefficient (Wildman–Crippen LogP) is 2.34. The maximum atomic E-state index is 11.9. The molecule has 3 nitrogen and oxygen atoms in total. The maximum Gasteiger partial charge on any atom is 0.220 e. The number of nitrogens with one attached hydrogen (secondary N) is 2. The minimum Gasteiger partial charge on any atom is -0.349 e. The predicted molar refractivity (Wildman–Crippen MR) is 75.8 cm³/mol. The van der Waals surface area contributed by atoms with Crippen molar-refractivity contribution in [1.29, 1.82) is 0 Å². The molecule has 1 aromatic carbocycles. The normalized spacial score (nSPS) is 18.2. The molecule has 0 saturated heterocycles. The zero-order chi connectivity index (χ0) is 12.8. The van der Waals surface area contributed by atoms with Crippen LogP contribution in [0, 0.1) is 0 Å². The summed E-state index contributed by atoms with van der Waals surface area (Å²) in [6.07, 6.45) is 2.53. The maximum absolute atomic E-state index is 11.9. The number of rotatable bonds is 5. The van der Waals surface area contributed by atoms with Crippen LogP contribution < -0.4 is 10.6 Å². The second-order valence-electron chi connectivity index (χ2n) is 4.50. The van der Waals surface area contributed by atoms with Crippen molar-refractivity contribution >= 4 is 17.7 Å². The van der Waals surface area contributed by atoms with E-state index in [1.807, 2.05) is 24.9 Å². The average Bonchev–Trinajstić information content (AvgIpc) is 2.39. The SMILES string of the molecule is CNCCCC(=O)NC1CCSc2ccccc21. The fourth-order valence-electron chi connectivity index (χ4n) is 2.18. The molecule has 0 spiro atoms. The third-order valence-corrected chi connectivity index (χ3v) is 4.25. The number of thioether (sulfide) groups is 1. The molecule has 2 N–H and O–H groups in total. The Morgan fingerprint density at radius 2 is 2.28 bits per heavy atom. The van der Waals surface area contributed by atoms with E-state index in [2.05, 4.69) is 28.8 Å². The van der Waals surface area contributed by atoms with E-state index in [0.29, 0.717) is 6.42 Å². The molecule has 1 unspecified atom stereocenters. The number of hydrogen-bond donors (Lipinski definition) is 2. The monoisotopic (exact) mass is 264 g/mol. The lowest BCUT2D eigenvalue weighted by molar-refractivity contribution is -0.122. The highest BCUT2D eigenvalue weighted by molar-refractivity contribution is 7.99. The van der Waals surface area contributed by atoms with Crippen LogP contribution in [0.2, 0.25) is 0 Å². The van der Waals surface area contributed by atoms with Gasteiger partial charge in [0.2, 0.25) is 5.91 Å². The number of benzene rings is 1. The molecule has 1 amide bonds. The van der Waals surface area contributed by atoms with Gasteiger partial charge in [-0.2, -0.15) is 0 Å². The summed E-state index contributed by atoms with van der Waals surface area (Å²) in [6.45, 7) is 0.893. The van der Waals surface area contributed by atoms with Crippen molar-refractivity contribution in [1.82, 2.24) is 10.6 Å². The van der Waals surface area contributed by atoms with Crippen LogP contribution >= 0.6 is 11.8 Å². The van der Waals surface area contributed by atoms with Crippen LogP contribution in [0.4, 0.5) is 0 Å². The van der Waals surface area contributed by atoms with Gasteiger partial charge in [-0.3, -0.25) is 4.79 Å². The van der Waals surface area contributed by atoms with Gasteiger partial charge in [0.25, 0.3) is 0 Å². The summed E-state index contributed by atoms with van der Waals surface area (Å²) in [6, 6.07) is 8.57. The van der Waals surface area contributed by atoms with E-state index < -0.39 is 0 Å². The number of hydrogen-bond acceptors (Lipinski definition) is 3. The van der Waals surface area contributed by atoms with Crippen LogP contribution in [0.3, 0.4) is 0 Å². The van der Waals surface area contributed by atoms with Crippen LogP contribution in [0.5, 0.6) is 0 Å². The first-order chi connectivity index (χ1) is 8.81. The highest BCUT2D eigenvalue weighted by Gasteiger charge is 2.21. The van der Waals surface area contributed by atoms with Crippen molar-refractivity contribution in [3.8, 4) is 0 Å². The van der Waals surface area contributed by atoms with Gasteiger partial charge in [0.1, 0.15) is 0 Å². The van der Waals surface area contributed by atoms with Crippen LogP contribution in [-0.4, -0.2) is 25.3 Å². The molecule has 0 aromatic heterocycles. The molecule has 0 saturated carbocycles. The molecule has 1 aliphatic rings. The number of amides is 1. The zero-order valence-electron chi connectivity index (χ0n) is 10.7. The Morgan fingerprint density at radius 1 is 1.44 bits per heavy atom. The summed E-state index contributed by atoms with van der Waals surface area (Å²) < 4.78 is 0. The number of fused-ring (bicyclic) bond motifs is 1. The van der Waals surface area contributed by atoms with Gasteiger partial charge in [-0.25, -0.2) is 0 Å². The average molecular weight is 264 g/mol. The lowest BCUT2D eigenvalue weighted by Crippen LogP contribution is -2.30. The van der Waals surface area contributed by atoms with Gasteiger partial charge < -0.3 is 10.6 Å². The van der Waals surface area contributed by atoms with E-state index in [9.17, 15) is 4.79 Å². The van der Waals surface area contributed by atoms with Gasteiger partial charge in [-0.15, -0.1) is 11.8 Å². The highest BCUT2D eigenvalue weighted by Crippen LogP contribution is 2.35. The Morgan fingerprint density at radius 3 is 3.11 bits per heavy atom. The minimum atomic E-state index is 0.164. The van der Waals surface area contributed by atoms with Crippen molar-refractivity contribution in [3.05, 3.63) is 29.8 Å². The van der Waals surface area contributed by atoms with Crippen LogP contribution in [0.15, 0.2) is 29.2 Å². The summed E-state index contributed by atoms with van der Waals surface area (Å²) in [5, 5.41) is 6.21. The molecular weight excluding hydrogens is 244 g/mol. The Balaban J connectivity index is 1.92. The quantitative estimate of drug-likeness (QED) is 0.802. The molecule has 1 heterocycles. The Hall–Kier alpha value is -1.00. The first kappa shape index (κ1) is 13.4. The van der Waals surface area contributed by atoms with E-state index in [-0.39, 0.29) is 11.9 Å². The van der Waals surface area contributed by atoms with Crippen molar-refractivity contribution in [2.45, 2.75) is 30.2 Å². The third-order valence-electron chi connectivity index (χ3n) is 3.12. The van der Waals surface area contributed by atoms with Gasteiger partial charge >= 0.3 is 0 Å². The van der Waals surface area contributed by atoms with Gasteiger partial charge in [-0.05, 0) is 38.1 Å². The Kier molecular flexibility index (Phi) is 5.08. The molecular formula is C14H20N2OS. The first-order valence-electron chi connectivity index (χ1n) is 6.47. The molecule has 98 valence electrons. The molecule has 0 aliphatic carbocycles. The lowest BCUT2D eigenvalue weighted by Gasteiger charge is -2.25. The Bertz CT molecular complexity index is 409. The zero-order valence-corrected chi connectivity index (χ0v) is 11.6. The molecule has 0 fully saturated rings. The largest absolute Gasteiger partial charge is 0.349 e. The highest BCUT2D eigenvalue weighted by atomic mass is 32.2.